The largest absolute Gasteiger partial charge is 0.496 e. The quantitative estimate of drug-likeness (QED) is 0.295. The van der Waals surface area contributed by atoms with Crippen molar-refractivity contribution < 1.29 is 28.9 Å². The summed E-state index contributed by atoms with van der Waals surface area (Å²) in [5.74, 6) is -1.56. The molecule has 0 aliphatic heterocycles. The molecule has 1 aliphatic carbocycles. The van der Waals surface area contributed by atoms with E-state index in [9.17, 15) is 29.0 Å². The Bertz CT molecular complexity index is 1740. The molecule has 0 unspecified atom stereocenters. The molecule has 0 saturated heterocycles. The van der Waals surface area contributed by atoms with Crippen LogP contribution in [0.3, 0.4) is 0 Å². The zero-order valence-corrected chi connectivity index (χ0v) is 24.4. The third-order valence-corrected chi connectivity index (χ3v) is 9.04. The molecule has 42 heavy (non-hydrogen) atoms. The molecule has 0 radical (unpaired) electrons. The first kappa shape index (κ1) is 29.6. The van der Waals surface area contributed by atoms with E-state index in [-0.39, 0.29) is 22.9 Å². The first-order chi connectivity index (χ1) is 19.9. The van der Waals surface area contributed by atoms with Crippen molar-refractivity contribution in [3.05, 3.63) is 68.4 Å². The number of carboxylic acid groups (broad SMARTS) is 1. The maximum atomic E-state index is 14.6. The average molecular weight is 602 g/mol. The molecule has 3 aromatic heterocycles. The van der Waals surface area contributed by atoms with Gasteiger partial charge >= 0.3 is 11.7 Å². The number of thiophene rings is 1. The molecule has 1 saturated carbocycles. The fourth-order valence-corrected chi connectivity index (χ4v) is 6.57. The van der Waals surface area contributed by atoms with Gasteiger partial charge in [0.2, 0.25) is 0 Å². The molecule has 224 valence electrons. The number of hydrogen-bond acceptors (Lipinski definition) is 9. The van der Waals surface area contributed by atoms with Crippen LogP contribution in [0.1, 0.15) is 56.8 Å². The number of ether oxygens (including phenoxy) is 2. The highest BCUT2D eigenvalue weighted by atomic mass is 32.1. The van der Waals surface area contributed by atoms with E-state index >= 15 is 0 Å². The molecular weight excluding hydrogens is 569 g/mol. The molecule has 14 heteroatoms. The SMILES string of the molecule is COc1ccc(F)cc1[C@H](Cn1c(=O)n(C(C)(C)C(=O)O)c(=O)c2c(C)c(-n3nccn3)sc21)OC1CCC(O)CC1. The minimum atomic E-state index is -1.89. The third kappa shape index (κ3) is 5.25. The minimum Gasteiger partial charge on any atom is -0.496 e. The Kier molecular flexibility index (Phi) is 8.05. The highest BCUT2D eigenvalue weighted by molar-refractivity contribution is 7.21. The van der Waals surface area contributed by atoms with E-state index in [2.05, 4.69) is 10.2 Å². The number of carboxylic acids is 1. The Hall–Kier alpha value is -3.88. The van der Waals surface area contributed by atoms with Gasteiger partial charge in [0.1, 0.15) is 33.0 Å². The lowest BCUT2D eigenvalue weighted by Gasteiger charge is -2.31. The first-order valence-electron chi connectivity index (χ1n) is 13.5. The Morgan fingerprint density at radius 2 is 1.86 bits per heavy atom. The highest BCUT2D eigenvalue weighted by Crippen LogP contribution is 2.36. The second-order valence-electron chi connectivity index (χ2n) is 10.9. The van der Waals surface area contributed by atoms with Crippen LogP contribution in [-0.2, 0) is 21.6 Å². The van der Waals surface area contributed by atoms with Crippen molar-refractivity contribution in [1.82, 2.24) is 24.1 Å². The van der Waals surface area contributed by atoms with Gasteiger partial charge in [0.15, 0.2) is 0 Å². The molecule has 0 spiro atoms. The number of aliphatic carboxylic acids is 1. The average Bonchev–Trinajstić information content (AvgIpc) is 3.59. The molecule has 1 atom stereocenters. The van der Waals surface area contributed by atoms with Gasteiger partial charge in [-0.1, -0.05) is 11.3 Å². The van der Waals surface area contributed by atoms with E-state index in [1.54, 1.807) is 6.92 Å². The van der Waals surface area contributed by atoms with Crippen LogP contribution in [0.25, 0.3) is 15.2 Å². The predicted octanol–water partition coefficient (Wildman–Crippen LogP) is 3.14. The van der Waals surface area contributed by atoms with Gasteiger partial charge in [0.25, 0.3) is 5.56 Å². The summed E-state index contributed by atoms with van der Waals surface area (Å²) in [6.45, 7) is 4.06. The number of fused-ring (bicyclic) bond motifs is 1. The Balaban J connectivity index is 1.75. The summed E-state index contributed by atoms with van der Waals surface area (Å²) in [6.07, 6.45) is 3.47. The third-order valence-electron chi connectivity index (χ3n) is 7.76. The lowest BCUT2D eigenvalue weighted by Crippen LogP contribution is -2.52. The number of methoxy groups -OCH3 is 1. The van der Waals surface area contributed by atoms with Gasteiger partial charge in [-0.15, -0.1) is 4.80 Å². The maximum absolute atomic E-state index is 14.6. The number of nitrogens with zero attached hydrogens (tertiary/aromatic N) is 5. The zero-order chi connectivity index (χ0) is 30.3. The minimum absolute atomic E-state index is 0.145. The number of carbonyl (C=O) groups is 1. The van der Waals surface area contributed by atoms with Gasteiger partial charge in [-0.2, -0.15) is 10.2 Å². The summed E-state index contributed by atoms with van der Waals surface area (Å²) in [5.41, 5.74) is -2.69. The summed E-state index contributed by atoms with van der Waals surface area (Å²) in [4.78, 5) is 41.8. The van der Waals surface area contributed by atoms with Gasteiger partial charge in [-0.3, -0.25) is 9.36 Å². The van der Waals surface area contributed by atoms with Gasteiger partial charge in [0, 0.05) is 11.1 Å². The van der Waals surface area contributed by atoms with Gasteiger partial charge < -0.3 is 19.7 Å². The second-order valence-corrected chi connectivity index (χ2v) is 11.8. The fourth-order valence-electron chi connectivity index (χ4n) is 5.35. The van der Waals surface area contributed by atoms with Crippen LogP contribution in [0.15, 0.2) is 40.2 Å². The number of hydrogen-bond donors (Lipinski definition) is 2. The van der Waals surface area contributed by atoms with E-state index in [0.29, 0.717) is 47.6 Å². The Morgan fingerprint density at radius 1 is 1.19 bits per heavy atom. The fraction of sp³-hybridized carbons (Fsp3) is 0.464. The van der Waals surface area contributed by atoms with Crippen LogP contribution < -0.4 is 16.0 Å². The molecule has 1 aliphatic rings. The van der Waals surface area contributed by atoms with Gasteiger partial charge in [-0.05, 0) is 64.7 Å². The van der Waals surface area contributed by atoms with Crippen LogP contribution in [0.5, 0.6) is 5.75 Å². The van der Waals surface area contributed by atoms with Crippen LogP contribution in [0.4, 0.5) is 4.39 Å². The topological polar surface area (TPSA) is 151 Å². The highest BCUT2D eigenvalue weighted by Gasteiger charge is 2.36. The van der Waals surface area contributed by atoms with Crippen molar-refractivity contribution in [3.8, 4) is 10.8 Å². The van der Waals surface area contributed by atoms with E-state index < -0.39 is 40.8 Å². The molecule has 3 heterocycles. The molecular formula is C28H32FN5O7S. The van der Waals surface area contributed by atoms with Gasteiger partial charge in [-0.25, -0.2) is 18.5 Å². The molecule has 4 aromatic rings. The number of aryl methyl sites for hydroxylation is 1. The van der Waals surface area contributed by atoms with Crippen molar-refractivity contribution in [2.24, 2.45) is 0 Å². The van der Waals surface area contributed by atoms with Crippen molar-refractivity contribution >= 4 is 27.5 Å². The lowest BCUT2D eigenvalue weighted by atomic mass is 9.94. The number of aromatic nitrogens is 5. The van der Waals surface area contributed by atoms with E-state index in [1.165, 1.54) is 60.9 Å². The number of aliphatic hydroxyl groups is 1. The lowest BCUT2D eigenvalue weighted by molar-refractivity contribution is -0.146. The number of rotatable bonds is 9. The van der Waals surface area contributed by atoms with Crippen LogP contribution in [-0.4, -0.2) is 59.6 Å². The number of halogens is 1. The van der Waals surface area contributed by atoms with Gasteiger partial charge in [0.05, 0.1) is 43.6 Å². The zero-order valence-electron chi connectivity index (χ0n) is 23.6. The first-order valence-corrected chi connectivity index (χ1v) is 14.3. The van der Waals surface area contributed by atoms with Crippen molar-refractivity contribution in [2.45, 2.75) is 76.9 Å². The summed E-state index contributed by atoms with van der Waals surface area (Å²) in [6, 6.07) is 4.00. The molecule has 2 N–H and O–H groups in total. The van der Waals surface area contributed by atoms with E-state index in [0.717, 1.165) is 15.9 Å². The molecule has 1 aromatic carbocycles. The van der Waals surface area contributed by atoms with Crippen molar-refractivity contribution in [3.63, 3.8) is 0 Å². The van der Waals surface area contributed by atoms with E-state index in [4.69, 9.17) is 9.47 Å². The normalized spacial score (nSPS) is 18.3. The predicted molar refractivity (Wildman–Crippen MR) is 152 cm³/mol. The van der Waals surface area contributed by atoms with E-state index in [1.807, 2.05) is 0 Å². The van der Waals surface area contributed by atoms with Crippen molar-refractivity contribution in [1.29, 1.82) is 0 Å². The smallest absolute Gasteiger partial charge is 0.333 e. The summed E-state index contributed by atoms with van der Waals surface area (Å²) >= 11 is 1.11. The molecule has 0 bridgehead atoms. The molecule has 5 rings (SSSR count). The number of aliphatic hydroxyl groups excluding tert-OH is 1. The monoisotopic (exact) mass is 601 g/mol. The maximum Gasteiger partial charge on any atom is 0.333 e. The molecule has 12 nitrogen and oxygen atoms in total. The summed E-state index contributed by atoms with van der Waals surface area (Å²) in [5, 5.41) is 29.0. The molecule has 1 fully saturated rings. The molecule has 0 amide bonds. The Morgan fingerprint density at radius 3 is 2.48 bits per heavy atom. The van der Waals surface area contributed by atoms with Crippen LogP contribution in [0, 0.1) is 12.7 Å². The van der Waals surface area contributed by atoms with Crippen LogP contribution >= 0.6 is 11.3 Å². The second kappa shape index (κ2) is 11.4. The van der Waals surface area contributed by atoms with Crippen LogP contribution in [0.2, 0.25) is 0 Å². The summed E-state index contributed by atoms with van der Waals surface area (Å²) in [7, 11) is 1.44. The van der Waals surface area contributed by atoms with Crippen molar-refractivity contribution in [2.75, 3.05) is 7.11 Å². The standard InChI is InChI=1S/C28H32FN5O7S/c1-15-22-23(36)33(28(2,3)26(37)38)27(39)32(25(22)42-24(15)34-30-11-12-31-34)14-21(41-18-8-6-17(35)7-9-18)19-13-16(29)5-10-20(19)40-4/h5,10-13,17-18,21,35H,6-9,14H2,1-4H3,(H,37,38)/t17?,18?,21-/m0/s1. The number of benzene rings is 1. The Labute approximate surface area is 243 Å². The summed E-state index contributed by atoms with van der Waals surface area (Å²) < 4.78 is 28.6.